The number of carbonyl (C=O) groups excluding carboxylic acids is 2. The number of hydrogen-bond donors (Lipinski definition) is 1. The summed E-state index contributed by atoms with van der Waals surface area (Å²) < 4.78 is 0. The van der Waals surface area contributed by atoms with Crippen molar-refractivity contribution in [1.29, 1.82) is 0 Å². The third-order valence-electron chi connectivity index (χ3n) is 4.08. The van der Waals surface area contributed by atoms with E-state index in [1.54, 1.807) is 4.90 Å². The molecule has 2 saturated heterocycles. The van der Waals surface area contributed by atoms with E-state index in [9.17, 15) is 9.59 Å². The Labute approximate surface area is 136 Å². The zero-order valence-corrected chi connectivity index (χ0v) is 13.4. The molecule has 6 nitrogen and oxygen atoms in total. The van der Waals surface area contributed by atoms with Crippen molar-refractivity contribution in [3.8, 4) is 0 Å². The van der Waals surface area contributed by atoms with E-state index in [1.165, 1.54) is 17.6 Å². The zero-order valence-electron chi connectivity index (χ0n) is 12.6. The molecule has 1 aromatic rings. The van der Waals surface area contributed by atoms with Crippen LogP contribution in [-0.2, 0) is 4.79 Å². The minimum atomic E-state index is -0.249. The molecule has 22 heavy (non-hydrogen) atoms. The van der Waals surface area contributed by atoms with Gasteiger partial charge in [-0.3, -0.25) is 14.6 Å². The number of piperazine rings is 1. The summed E-state index contributed by atoms with van der Waals surface area (Å²) in [4.78, 5) is 28.8. The second kappa shape index (κ2) is 6.98. The third-order valence-corrected chi connectivity index (χ3v) is 4.08. The van der Waals surface area contributed by atoms with Crippen LogP contribution in [0, 0.1) is 0 Å². The van der Waals surface area contributed by atoms with Crippen molar-refractivity contribution >= 4 is 35.7 Å². The van der Waals surface area contributed by atoms with E-state index in [0.29, 0.717) is 13.0 Å². The number of hydrogen-bond acceptors (Lipinski definition) is 4. The molecule has 1 N–H and O–H groups in total. The van der Waals surface area contributed by atoms with Gasteiger partial charge in [-0.1, -0.05) is 0 Å². The molecule has 0 spiro atoms. The standard InChI is InChI=1S/C15H20N4O2.ClH/c1-17-14(20)6-9-19(15(17)21)13-4-2-12(3-5-13)18-10-7-16-8-11-18;/h2-5,16H,6-11H2,1H3;1H. The Morgan fingerprint density at radius 2 is 1.55 bits per heavy atom. The fourth-order valence-electron chi connectivity index (χ4n) is 2.76. The molecule has 1 aromatic carbocycles. The van der Waals surface area contributed by atoms with Gasteiger partial charge in [-0.2, -0.15) is 0 Å². The first-order chi connectivity index (χ1) is 10.2. The molecule has 2 aliphatic heterocycles. The van der Waals surface area contributed by atoms with Gasteiger partial charge in [-0.05, 0) is 24.3 Å². The first kappa shape index (κ1) is 16.6. The molecule has 0 atom stereocenters. The molecule has 0 unspecified atom stereocenters. The second-order valence-corrected chi connectivity index (χ2v) is 5.39. The highest BCUT2D eigenvalue weighted by Gasteiger charge is 2.29. The quantitative estimate of drug-likeness (QED) is 0.891. The SMILES string of the molecule is CN1C(=O)CCN(c2ccc(N3CCNCC3)cc2)C1=O.Cl. The maximum absolute atomic E-state index is 12.1. The van der Waals surface area contributed by atoms with Crippen LogP contribution in [0.3, 0.4) is 0 Å². The van der Waals surface area contributed by atoms with Gasteiger partial charge in [0.1, 0.15) is 0 Å². The highest BCUT2D eigenvalue weighted by atomic mass is 35.5. The van der Waals surface area contributed by atoms with Crippen molar-refractivity contribution in [2.24, 2.45) is 0 Å². The molecule has 3 amide bonds. The number of anilines is 2. The number of rotatable bonds is 2. The molecule has 3 rings (SSSR count). The molecule has 120 valence electrons. The number of amides is 3. The Balaban J connectivity index is 0.00000176. The molecule has 0 bridgehead atoms. The predicted molar refractivity (Wildman–Crippen MR) is 88.9 cm³/mol. The van der Waals surface area contributed by atoms with E-state index in [4.69, 9.17) is 0 Å². The Morgan fingerprint density at radius 3 is 2.18 bits per heavy atom. The van der Waals surface area contributed by atoms with Crippen LogP contribution >= 0.6 is 12.4 Å². The van der Waals surface area contributed by atoms with E-state index >= 15 is 0 Å². The van der Waals surface area contributed by atoms with Crippen LogP contribution in [0.4, 0.5) is 16.2 Å². The molecule has 0 aromatic heterocycles. The van der Waals surface area contributed by atoms with E-state index in [2.05, 4.69) is 10.2 Å². The minimum absolute atomic E-state index is 0. The molecule has 0 aliphatic carbocycles. The minimum Gasteiger partial charge on any atom is -0.369 e. The third kappa shape index (κ3) is 3.18. The summed E-state index contributed by atoms with van der Waals surface area (Å²) in [6.45, 7) is 4.45. The molecular formula is C15H21ClN4O2. The van der Waals surface area contributed by atoms with E-state index < -0.39 is 0 Å². The highest BCUT2D eigenvalue weighted by Crippen LogP contribution is 2.24. The number of carbonyl (C=O) groups is 2. The van der Waals surface area contributed by atoms with Crippen molar-refractivity contribution in [2.75, 3.05) is 49.6 Å². The topological polar surface area (TPSA) is 55.9 Å². The lowest BCUT2D eigenvalue weighted by molar-refractivity contribution is -0.127. The Bertz CT molecular complexity index is 543. The fraction of sp³-hybridized carbons (Fsp3) is 0.467. The van der Waals surface area contributed by atoms with Crippen LogP contribution in [0.2, 0.25) is 0 Å². The van der Waals surface area contributed by atoms with Crippen LogP contribution in [0.5, 0.6) is 0 Å². The molecule has 7 heteroatoms. The van der Waals surface area contributed by atoms with Gasteiger partial charge in [-0.15, -0.1) is 12.4 Å². The van der Waals surface area contributed by atoms with E-state index in [0.717, 1.165) is 31.9 Å². The number of halogens is 1. The van der Waals surface area contributed by atoms with Gasteiger partial charge >= 0.3 is 6.03 Å². The molecule has 2 fully saturated rings. The average molecular weight is 325 g/mol. The molecule has 2 heterocycles. The largest absolute Gasteiger partial charge is 0.369 e. The van der Waals surface area contributed by atoms with Gasteiger partial charge in [0.15, 0.2) is 0 Å². The maximum Gasteiger partial charge on any atom is 0.330 e. The number of nitrogens with one attached hydrogen (secondary N) is 1. The number of imide groups is 1. The van der Waals surface area contributed by atoms with Crippen molar-refractivity contribution in [1.82, 2.24) is 10.2 Å². The van der Waals surface area contributed by atoms with Crippen LogP contribution < -0.4 is 15.1 Å². The first-order valence-electron chi connectivity index (χ1n) is 7.30. The Kier molecular flexibility index (Phi) is 5.26. The predicted octanol–water partition coefficient (Wildman–Crippen LogP) is 1.31. The van der Waals surface area contributed by atoms with Crippen molar-refractivity contribution in [3.05, 3.63) is 24.3 Å². The lowest BCUT2D eigenvalue weighted by Gasteiger charge is -2.33. The van der Waals surface area contributed by atoms with Gasteiger partial charge in [0.2, 0.25) is 5.91 Å². The normalized spacial score (nSPS) is 19.2. The van der Waals surface area contributed by atoms with Gasteiger partial charge in [0.05, 0.1) is 0 Å². The lowest BCUT2D eigenvalue weighted by Crippen LogP contribution is -2.50. The van der Waals surface area contributed by atoms with Crippen LogP contribution in [0.1, 0.15) is 6.42 Å². The summed E-state index contributed by atoms with van der Waals surface area (Å²) in [5, 5.41) is 3.33. The highest BCUT2D eigenvalue weighted by molar-refractivity contribution is 6.05. The Morgan fingerprint density at radius 1 is 0.955 bits per heavy atom. The summed E-state index contributed by atoms with van der Waals surface area (Å²) in [5.41, 5.74) is 2.02. The molecule has 0 radical (unpaired) electrons. The van der Waals surface area contributed by atoms with Crippen LogP contribution in [0.15, 0.2) is 24.3 Å². The molecular weight excluding hydrogens is 304 g/mol. The first-order valence-corrected chi connectivity index (χ1v) is 7.30. The number of urea groups is 1. The van der Waals surface area contributed by atoms with Gasteiger partial charge in [0, 0.05) is 57.6 Å². The smallest absolute Gasteiger partial charge is 0.330 e. The number of nitrogens with zero attached hydrogens (tertiary/aromatic N) is 3. The molecule has 0 saturated carbocycles. The van der Waals surface area contributed by atoms with E-state index in [-0.39, 0.29) is 24.3 Å². The van der Waals surface area contributed by atoms with Crippen molar-refractivity contribution < 1.29 is 9.59 Å². The summed E-state index contributed by atoms with van der Waals surface area (Å²) in [6.07, 6.45) is 0.377. The van der Waals surface area contributed by atoms with Gasteiger partial charge < -0.3 is 10.2 Å². The summed E-state index contributed by atoms with van der Waals surface area (Å²) in [5.74, 6) is -0.117. The van der Waals surface area contributed by atoms with E-state index in [1.807, 2.05) is 24.3 Å². The monoisotopic (exact) mass is 324 g/mol. The van der Waals surface area contributed by atoms with Gasteiger partial charge in [0.25, 0.3) is 0 Å². The van der Waals surface area contributed by atoms with Crippen molar-refractivity contribution in [2.45, 2.75) is 6.42 Å². The lowest BCUT2D eigenvalue weighted by atomic mass is 10.2. The van der Waals surface area contributed by atoms with Gasteiger partial charge in [-0.25, -0.2) is 4.79 Å². The van der Waals surface area contributed by atoms with Crippen LogP contribution in [-0.4, -0.2) is 56.6 Å². The maximum atomic E-state index is 12.1. The Hall–Kier alpha value is -1.79. The fourth-order valence-corrected chi connectivity index (χ4v) is 2.76. The zero-order chi connectivity index (χ0) is 14.8. The summed E-state index contributed by atoms with van der Waals surface area (Å²) >= 11 is 0. The van der Waals surface area contributed by atoms with Crippen LogP contribution in [0.25, 0.3) is 0 Å². The number of benzene rings is 1. The summed E-state index contributed by atoms with van der Waals surface area (Å²) in [6, 6.07) is 7.76. The summed E-state index contributed by atoms with van der Waals surface area (Å²) in [7, 11) is 1.53. The van der Waals surface area contributed by atoms with Crippen molar-refractivity contribution in [3.63, 3.8) is 0 Å². The average Bonchev–Trinajstić information content (AvgIpc) is 2.54. The second-order valence-electron chi connectivity index (χ2n) is 5.39. The molecule has 2 aliphatic rings.